The fraction of sp³-hybridized carbons (Fsp3) is 0.0909. The third-order valence-corrected chi connectivity index (χ3v) is 4.00. The lowest BCUT2D eigenvalue weighted by Crippen LogP contribution is -2.13. The van der Waals surface area contributed by atoms with Crippen molar-refractivity contribution in [2.24, 2.45) is 0 Å². The first-order valence-electron chi connectivity index (χ1n) is 7.96. The van der Waals surface area contributed by atoms with Gasteiger partial charge in [0.05, 0.1) is 5.57 Å². The van der Waals surface area contributed by atoms with Gasteiger partial charge in [-0.15, -0.1) is 0 Å². The van der Waals surface area contributed by atoms with Crippen LogP contribution in [0.25, 0.3) is 11.1 Å². The quantitative estimate of drug-likeness (QED) is 0.477. The average Bonchev–Trinajstić information content (AvgIpc) is 2.61. The topological polar surface area (TPSA) is 0 Å². The van der Waals surface area contributed by atoms with E-state index in [9.17, 15) is 13.2 Å². The van der Waals surface area contributed by atoms with E-state index in [1.165, 1.54) is 12.1 Å². The predicted octanol–water partition coefficient (Wildman–Crippen LogP) is 6.52. The first-order valence-corrected chi connectivity index (χ1v) is 7.96. The highest BCUT2D eigenvalue weighted by atomic mass is 19.4. The van der Waals surface area contributed by atoms with Gasteiger partial charge in [0.15, 0.2) is 0 Å². The highest BCUT2D eigenvalue weighted by Crippen LogP contribution is 2.42. The van der Waals surface area contributed by atoms with Crippen molar-refractivity contribution in [1.29, 1.82) is 0 Å². The molecule has 0 nitrogen and oxygen atoms in total. The van der Waals surface area contributed by atoms with E-state index in [-0.39, 0.29) is 11.1 Å². The number of benzene rings is 3. The van der Waals surface area contributed by atoms with Crippen molar-refractivity contribution in [2.45, 2.75) is 13.1 Å². The number of halogens is 3. The van der Waals surface area contributed by atoms with Crippen molar-refractivity contribution < 1.29 is 13.2 Å². The molecule has 0 fully saturated rings. The van der Waals surface area contributed by atoms with Crippen LogP contribution in [0.1, 0.15) is 22.3 Å². The van der Waals surface area contributed by atoms with Gasteiger partial charge in [0.1, 0.15) is 0 Å². The largest absolute Gasteiger partial charge is 0.417 e. The summed E-state index contributed by atoms with van der Waals surface area (Å²) in [4.78, 5) is 0. The summed E-state index contributed by atoms with van der Waals surface area (Å²) in [6.07, 6.45) is -4.47. The monoisotopic (exact) mass is 338 g/mol. The molecule has 3 heteroatoms. The van der Waals surface area contributed by atoms with Crippen LogP contribution in [0.2, 0.25) is 0 Å². The second kappa shape index (κ2) is 6.98. The number of hydrogen-bond donors (Lipinski definition) is 0. The summed E-state index contributed by atoms with van der Waals surface area (Å²) in [5.41, 5.74) is 1.83. The maximum Gasteiger partial charge on any atom is 0.417 e. The molecular weight excluding hydrogens is 321 g/mol. The molecule has 25 heavy (non-hydrogen) atoms. The molecule has 0 aliphatic heterocycles. The zero-order valence-corrected chi connectivity index (χ0v) is 13.7. The molecule has 0 unspecified atom stereocenters. The fourth-order valence-electron chi connectivity index (χ4n) is 2.83. The third-order valence-electron chi connectivity index (χ3n) is 4.00. The van der Waals surface area contributed by atoms with Crippen LogP contribution in [0.4, 0.5) is 13.2 Å². The van der Waals surface area contributed by atoms with Crippen LogP contribution >= 0.6 is 0 Å². The van der Waals surface area contributed by atoms with E-state index < -0.39 is 11.7 Å². The summed E-state index contributed by atoms with van der Waals surface area (Å²) in [6, 6.07) is 23.8. The fourth-order valence-corrected chi connectivity index (χ4v) is 2.83. The molecule has 0 spiro atoms. The first kappa shape index (κ1) is 17.0. The van der Waals surface area contributed by atoms with Crippen LogP contribution in [0.5, 0.6) is 0 Å². The van der Waals surface area contributed by atoms with Gasteiger partial charge in [-0.05, 0) is 23.6 Å². The van der Waals surface area contributed by atoms with E-state index in [2.05, 4.69) is 0 Å². The molecule has 0 bridgehead atoms. The minimum Gasteiger partial charge on any atom is -0.166 e. The lowest BCUT2D eigenvalue weighted by Gasteiger charge is -2.19. The standard InChI is InChI=1S/C22H17F3/c1-16-12-14-18(15-13-16)20(17-8-4-2-5-9-17)21(22(23,24)25)19-10-6-3-7-11-19/h2-15H,1H3/b21-20-. The summed E-state index contributed by atoms with van der Waals surface area (Å²) >= 11 is 0. The molecule has 126 valence electrons. The second-order valence-corrected chi connectivity index (χ2v) is 5.85. The summed E-state index contributed by atoms with van der Waals surface area (Å²) in [5.74, 6) is 0. The molecule has 0 saturated heterocycles. The van der Waals surface area contributed by atoms with Crippen LogP contribution in [0.15, 0.2) is 84.9 Å². The molecular formula is C22H17F3. The van der Waals surface area contributed by atoms with Gasteiger partial charge in [-0.2, -0.15) is 13.2 Å². The Morgan fingerprint density at radius 1 is 0.600 bits per heavy atom. The number of alkyl halides is 3. The third kappa shape index (κ3) is 3.82. The normalized spacial score (nSPS) is 12.6. The van der Waals surface area contributed by atoms with Crippen LogP contribution in [0, 0.1) is 6.92 Å². The second-order valence-electron chi connectivity index (χ2n) is 5.85. The zero-order chi connectivity index (χ0) is 17.9. The van der Waals surface area contributed by atoms with Gasteiger partial charge in [0.25, 0.3) is 0 Å². The van der Waals surface area contributed by atoms with Crippen LogP contribution in [-0.2, 0) is 0 Å². The van der Waals surface area contributed by atoms with Crippen LogP contribution in [-0.4, -0.2) is 6.18 Å². The van der Waals surface area contributed by atoms with Crippen molar-refractivity contribution in [2.75, 3.05) is 0 Å². The van der Waals surface area contributed by atoms with Gasteiger partial charge in [-0.3, -0.25) is 0 Å². The summed E-state index contributed by atoms with van der Waals surface area (Å²) in [6.45, 7) is 1.91. The molecule has 0 heterocycles. The molecule has 0 amide bonds. The van der Waals surface area contributed by atoms with Gasteiger partial charge in [-0.25, -0.2) is 0 Å². The van der Waals surface area contributed by atoms with Crippen molar-refractivity contribution in [1.82, 2.24) is 0 Å². The first-order chi connectivity index (χ1) is 12.0. The van der Waals surface area contributed by atoms with Gasteiger partial charge in [0, 0.05) is 5.57 Å². The molecule has 3 rings (SSSR count). The summed E-state index contributed by atoms with van der Waals surface area (Å²) in [5, 5.41) is 0. The zero-order valence-electron chi connectivity index (χ0n) is 13.7. The number of hydrogen-bond acceptors (Lipinski definition) is 0. The van der Waals surface area contributed by atoms with E-state index in [0.29, 0.717) is 11.1 Å². The minimum atomic E-state index is -4.47. The van der Waals surface area contributed by atoms with E-state index in [4.69, 9.17) is 0 Å². The Bertz CT molecular complexity index is 859. The molecule has 3 aromatic rings. The predicted molar refractivity (Wildman–Crippen MR) is 96.0 cm³/mol. The molecule has 0 saturated carbocycles. The number of rotatable bonds is 3. The molecule has 3 aromatic carbocycles. The van der Waals surface area contributed by atoms with E-state index in [1.54, 1.807) is 60.7 Å². The van der Waals surface area contributed by atoms with Gasteiger partial charge in [-0.1, -0.05) is 90.5 Å². The van der Waals surface area contributed by atoms with Gasteiger partial charge >= 0.3 is 6.18 Å². The van der Waals surface area contributed by atoms with E-state index >= 15 is 0 Å². The molecule has 0 aromatic heterocycles. The Morgan fingerprint density at radius 2 is 1.04 bits per heavy atom. The summed E-state index contributed by atoms with van der Waals surface area (Å²) in [7, 11) is 0. The molecule has 0 atom stereocenters. The highest BCUT2D eigenvalue weighted by Gasteiger charge is 2.38. The summed E-state index contributed by atoms with van der Waals surface area (Å²) < 4.78 is 42.1. The van der Waals surface area contributed by atoms with Crippen molar-refractivity contribution >= 4 is 11.1 Å². The Hall–Kier alpha value is -2.81. The Labute approximate surface area is 145 Å². The molecule has 0 aliphatic carbocycles. The van der Waals surface area contributed by atoms with Crippen molar-refractivity contribution in [3.8, 4) is 0 Å². The van der Waals surface area contributed by atoms with E-state index in [1.807, 2.05) is 19.1 Å². The molecule has 0 aliphatic rings. The SMILES string of the molecule is Cc1ccc(/C(=C(/c2ccccc2)C(F)(F)F)c2ccccc2)cc1. The number of aryl methyl sites for hydroxylation is 1. The molecule has 0 N–H and O–H groups in total. The van der Waals surface area contributed by atoms with E-state index in [0.717, 1.165) is 5.56 Å². The smallest absolute Gasteiger partial charge is 0.166 e. The molecule has 0 radical (unpaired) electrons. The van der Waals surface area contributed by atoms with Crippen LogP contribution in [0.3, 0.4) is 0 Å². The average molecular weight is 338 g/mol. The lowest BCUT2D eigenvalue weighted by atomic mass is 9.89. The van der Waals surface area contributed by atoms with Gasteiger partial charge in [0.2, 0.25) is 0 Å². The number of allylic oxidation sites excluding steroid dienone is 1. The maximum absolute atomic E-state index is 14.0. The Morgan fingerprint density at radius 3 is 1.52 bits per heavy atom. The maximum atomic E-state index is 14.0. The van der Waals surface area contributed by atoms with Gasteiger partial charge < -0.3 is 0 Å². The highest BCUT2D eigenvalue weighted by molar-refractivity contribution is 6.00. The van der Waals surface area contributed by atoms with Crippen LogP contribution < -0.4 is 0 Å². The minimum absolute atomic E-state index is 0.162. The van der Waals surface area contributed by atoms with Crippen molar-refractivity contribution in [3.05, 3.63) is 107 Å². The lowest BCUT2D eigenvalue weighted by molar-refractivity contribution is -0.0685. The Kier molecular flexibility index (Phi) is 4.75. The Balaban J connectivity index is 2.37. The van der Waals surface area contributed by atoms with Crippen molar-refractivity contribution in [3.63, 3.8) is 0 Å².